The molecule has 1 aromatic heterocycles. The maximum absolute atomic E-state index is 3.66. The highest BCUT2D eigenvalue weighted by molar-refractivity contribution is 7.10. The molecule has 3 heteroatoms. The monoisotopic (exact) mass is 272 g/mol. The van der Waals surface area contributed by atoms with E-state index in [9.17, 15) is 0 Å². The molecule has 1 aromatic carbocycles. The Kier molecular flexibility index (Phi) is 3.97. The zero-order chi connectivity index (χ0) is 13.1. The van der Waals surface area contributed by atoms with Crippen molar-refractivity contribution < 1.29 is 0 Å². The number of likely N-dealkylation sites (tertiary alicyclic amines) is 1. The highest BCUT2D eigenvalue weighted by atomic mass is 32.1. The number of thiophene rings is 1. The number of nitrogens with zero attached hydrogens (tertiary/aromatic N) is 1. The smallest absolute Gasteiger partial charge is 0.0303 e. The van der Waals surface area contributed by atoms with E-state index in [1.807, 2.05) is 11.3 Å². The SMILES string of the molecule is CN1CCC(NCc2cc(-c3ccccc3)cs2)C1. The first-order valence-corrected chi connectivity index (χ1v) is 7.74. The molecule has 2 nitrogen and oxygen atoms in total. The first kappa shape index (κ1) is 12.9. The van der Waals surface area contributed by atoms with Crippen LogP contribution in [0.4, 0.5) is 0 Å². The highest BCUT2D eigenvalue weighted by Gasteiger charge is 2.18. The van der Waals surface area contributed by atoms with Crippen molar-refractivity contribution in [3.63, 3.8) is 0 Å². The number of hydrogen-bond donors (Lipinski definition) is 1. The van der Waals surface area contributed by atoms with Crippen LogP contribution in [0.5, 0.6) is 0 Å². The van der Waals surface area contributed by atoms with E-state index in [-0.39, 0.29) is 0 Å². The topological polar surface area (TPSA) is 15.3 Å². The predicted octanol–water partition coefficient (Wildman–Crippen LogP) is 3.21. The van der Waals surface area contributed by atoms with Gasteiger partial charge in [0.1, 0.15) is 0 Å². The molecule has 0 radical (unpaired) electrons. The maximum atomic E-state index is 3.66. The fraction of sp³-hybridized carbons (Fsp3) is 0.375. The van der Waals surface area contributed by atoms with Crippen molar-refractivity contribution in [1.29, 1.82) is 0 Å². The molecule has 0 bridgehead atoms. The van der Waals surface area contributed by atoms with E-state index in [0.29, 0.717) is 6.04 Å². The summed E-state index contributed by atoms with van der Waals surface area (Å²) < 4.78 is 0. The maximum Gasteiger partial charge on any atom is 0.0303 e. The fourth-order valence-electron chi connectivity index (χ4n) is 2.60. The van der Waals surface area contributed by atoms with E-state index in [1.54, 1.807) is 0 Å². The molecule has 100 valence electrons. The molecule has 2 heterocycles. The molecule has 0 spiro atoms. The van der Waals surface area contributed by atoms with Crippen LogP contribution in [0.15, 0.2) is 41.8 Å². The van der Waals surface area contributed by atoms with Crippen LogP contribution in [0.2, 0.25) is 0 Å². The molecule has 1 atom stereocenters. The second kappa shape index (κ2) is 5.87. The van der Waals surface area contributed by atoms with Crippen LogP contribution in [0, 0.1) is 0 Å². The summed E-state index contributed by atoms with van der Waals surface area (Å²) in [5.41, 5.74) is 2.65. The lowest BCUT2D eigenvalue weighted by Crippen LogP contribution is -2.30. The van der Waals surface area contributed by atoms with Crippen molar-refractivity contribution in [3.05, 3.63) is 46.7 Å². The van der Waals surface area contributed by atoms with Gasteiger partial charge in [-0.3, -0.25) is 0 Å². The van der Waals surface area contributed by atoms with E-state index >= 15 is 0 Å². The Balaban J connectivity index is 1.59. The van der Waals surface area contributed by atoms with Crippen LogP contribution in [-0.2, 0) is 6.54 Å². The third-order valence-corrected chi connectivity index (χ3v) is 4.65. The van der Waals surface area contributed by atoms with Crippen molar-refractivity contribution in [3.8, 4) is 11.1 Å². The summed E-state index contributed by atoms with van der Waals surface area (Å²) >= 11 is 1.85. The summed E-state index contributed by atoms with van der Waals surface area (Å²) in [6, 6.07) is 13.6. The van der Waals surface area contributed by atoms with Crippen LogP contribution < -0.4 is 5.32 Å². The summed E-state index contributed by atoms with van der Waals surface area (Å²) in [5.74, 6) is 0. The minimum absolute atomic E-state index is 0.660. The lowest BCUT2D eigenvalue weighted by molar-refractivity contribution is 0.398. The Bertz CT molecular complexity index is 521. The second-order valence-corrected chi connectivity index (χ2v) is 6.29. The summed E-state index contributed by atoms with van der Waals surface area (Å²) in [7, 11) is 2.19. The standard InChI is InChI=1S/C16H20N2S/c1-18-8-7-15(11-18)17-10-16-9-14(12-19-16)13-5-3-2-4-6-13/h2-6,9,12,15,17H,7-8,10-11H2,1H3. The Hall–Kier alpha value is -1.16. The number of benzene rings is 1. The van der Waals surface area contributed by atoms with Gasteiger partial charge >= 0.3 is 0 Å². The lowest BCUT2D eigenvalue weighted by atomic mass is 10.1. The van der Waals surface area contributed by atoms with E-state index in [2.05, 4.69) is 59.0 Å². The van der Waals surface area contributed by atoms with Gasteiger partial charge in [0, 0.05) is 24.0 Å². The molecule has 0 amide bonds. The van der Waals surface area contributed by atoms with Crippen molar-refractivity contribution in [1.82, 2.24) is 10.2 Å². The Morgan fingerprint density at radius 3 is 2.84 bits per heavy atom. The van der Waals surface area contributed by atoms with Crippen LogP contribution in [-0.4, -0.2) is 31.1 Å². The number of likely N-dealkylation sites (N-methyl/N-ethyl adjacent to an activating group) is 1. The van der Waals surface area contributed by atoms with Crippen LogP contribution in [0.1, 0.15) is 11.3 Å². The van der Waals surface area contributed by atoms with E-state index in [0.717, 1.165) is 6.54 Å². The molecule has 2 aromatic rings. The molecular formula is C16H20N2S. The zero-order valence-corrected chi connectivity index (χ0v) is 12.1. The minimum atomic E-state index is 0.660. The molecule has 3 rings (SSSR count). The average Bonchev–Trinajstić information content (AvgIpc) is 3.06. The van der Waals surface area contributed by atoms with Gasteiger partial charge in [0.25, 0.3) is 0 Å². The fourth-order valence-corrected chi connectivity index (χ4v) is 3.45. The van der Waals surface area contributed by atoms with Crippen LogP contribution in [0.25, 0.3) is 11.1 Å². The van der Waals surface area contributed by atoms with Gasteiger partial charge in [-0.05, 0) is 42.6 Å². The predicted molar refractivity (Wildman–Crippen MR) is 82.5 cm³/mol. The van der Waals surface area contributed by atoms with Gasteiger partial charge in [-0.25, -0.2) is 0 Å². The molecule has 1 aliphatic rings. The molecule has 19 heavy (non-hydrogen) atoms. The van der Waals surface area contributed by atoms with Gasteiger partial charge in [0.05, 0.1) is 0 Å². The highest BCUT2D eigenvalue weighted by Crippen LogP contribution is 2.25. The first-order valence-electron chi connectivity index (χ1n) is 6.86. The lowest BCUT2D eigenvalue weighted by Gasteiger charge is -2.11. The Morgan fingerprint density at radius 1 is 1.26 bits per heavy atom. The molecular weight excluding hydrogens is 252 g/mol. The normalized spacial score (nSPS) is 19.9. The van der Waals surface area contributed by atoms with Gasteiger partial charge in [-0.2, -0.15) is 0 Å². The van der Waals surface area contributed by atoms with E-state index < -0.39 is 0 Å². The van der Waals surface area contributed by atoms with Crippen molar-refractivity contribution >= 4 is 11.3 Å². The third kappa shape index (κ3) is 3.24. The number of hydrogen-bond acceptors (Lipinski definition) is 3. The summed E-state index contributed by atoms with van der Waals surface area (Å²) in [5, 5.41) is 5.92. The van der Waals surface area contributed by atoms with Crippen LogP contribution in [0.3, 0.4) is 0 Å². The third-order valence-electron chi connectivity index (χ3n) is 3.72. The molecule has 1 fully saturated rings. The molecule has 0 aliphatic carbocycles. The van der Waals surface area contributed by atoms with Crippen LogP contribution >= 0.6 is 11.3 Å². The second-order valence-electron chi connectivity index (χ2n) is 5.30. The van der Waals surface area contributed by atoms with Gasteiger partial charge < -0.3 is 10.2 Å². The van der Waals surface area contributed by atoms with E-state index in [1.165, 1.54) is 35.5 Å². The quantitative estimate of drug-likeness (QED) is 0.919. The van der Waals surface area contributed by atoms with Gasteiger partial charge in [-0.15, -0.1) is 11.3 Å². The Labute approximate surface area is 119 Å². The summed E-state index contributed by atoms with van der Waals surface area (Å²) in [6.45, 7) is 3.39. The van der Waals surface area contributed by atoms with Crippen molar-refractivity contribution in [2.24, 2.45) is 0 Å². The molecule has 1 saturated heterocycles. The van der Waals surface area contributed by atoms with Crippen molar-refractivity contribution in [2.45, 2.75) is 19.0 Å². The van der Waals surface area contributed by atoms with E-state index in [4.69, 9.17) is 0 Å². The number of rotatable bonds is 4. The summed E-state index contributed by atoms with van der Waals surface area (Å²) in [6.07, 6.45) is 1.27. The molecule has 1 aliphatic heterocycles. The largest absolute Gasteiger partial charge is 0.308 e. The zero-order valence-electron chi connectivity index (χ0n) is 11.3. The number of nitrogens with one attached hydrogen (secondary N) is 1. The first-order chi connectivity index (χ1) is 9.31. The van der Waals surface area contributed by atoms with Gasteiger partial charge in [-0.1, -0.05) is 30.3 Å². The molecule has 1 N–H and O–H groups in total. The Morgan fingerprint density at radius 2 is 2.11 bits per heavy atom. The molecule has 0 saturated carbocycles. The average molecular weight is 272 g/mol. The summed E-state index contributed by atoms with van der Waals surface area (Å²) in [4.78, 5) is 3.81. The van der Waals surface area contributed by atoms with Gasteiger partial charge in [0.2, 0.25) is 0 Å². The molecule has 1 unspecified atom stereocenters. The van der Waals surface area contributed by atoms with Crippen molar-refractivity contribution in [2.75, 3.05) is 20.1 Å². The van der Waals surface area contributed by atoms with Gasteiger partial charge in [0.15, 0.2) is 0 Å². The minimum Gasteiger partial charge on any atom is -0.308 e.